The van der Waals surface area contributed by atoms with Crippen LogP contribution in [0.15, 0.2) is 42.6 Å². The van der Waals surface area contributed by atoms with Gasteiger partial charge in [0, 0.05) is 57.2 Å². The van der Waals surface area contributed by atoms with Crippen LogP contribution in [0.1, 0.15) is 17.7 Å². The number of benzene rings is 1. The largest absolute Gasteiger partial charge is 0.378 e. The lowest BCUT2D eigenvalue weighted by atomic mass is 10.2. The third kappa shape index (κ3) is 5.18. The van der Waals surface area contributed by atoms with Gasteiger partial charge in [0.05, 0.1) is 5.69 Å². The summed E-state index contributed by atoms with van der Waals surface area (Å²) in [7, 11) is 4.08. The van der Waals surface area contributed by atoms with Crippen molar-refractivity contribution in [1.82, 2.24) is 14.8 Å². The van der Waals surface area contributed by atoms with E-state index in [1.165, 1.54) is 12.0 Å². The average Bonchev–Trinajstić information content (AvgIpc) is 2.83. The number of hydrogen-bond donors (Lipinski definition) is 0. The van der Waals surface area contributed by atoms with Crippen LogP contribution >= 0.6 is 11.6 Å². The van der Waals surface area contributed by atoms with Gasteiger partial charge in [-0.05, 0) is 49.3 Å². The number of pyridine rings is 1. The second-order valence-corrected chi connectivity index (χ2v) is 7.30. The van der Waals surface area contributed by atoms with Crippen molar-refractivity contribution in [3.8, 4) is 0 Å². The maximum Gasteiger partial charge on any atom is 0.0543 e. The van der Waals surface area contributed by atoms with Crippen molar-refractivity contribution in [2.75, 3.05) is 45.2 Å². The fourth-order valence-corrected chi connectivity index (χ4v) is 3.48. The molecule has 0 atom stereocenters. The summed E-state index contributed by atoms with van der Waals surface area (Å²) in [5.74, 6) is 0. The second kappa shape index (κ2) is 8.65. The Kier molecular flexibility index (Phi) is 6.29. The summed E-state index contributed by atoms with van der Waals surface area (Å²) in [6.07, 6.45) is 3.05. The first-order valence-electron chi connectivity index (χ1n) is 8.92. The fraction of sp³-hybridized carbons (Fsp3) is 0.450. The van der Waals surface area contributed by atoms with Crippen LogP contribution in [0, 0.1) is 0 Å². The number of anilines is 1. The van der Waals surface area contributed by atoms with Crippen molar-refractivity contribution >= 4 is 17.3 Å². The Hall–Kier alpha value is -1.62. The molecule has 5 heteroatoms. The number of aromatic nitrogens is 1. The van der Waals surface area contributed by atoms with Crippen molar-refractivity contribution in [1.29, 1.82) is 0 Å². The van der Waals surface area contributed by atoms with Crippen molar-refractivity contribution in [2.45, 2.75) is 19.5 Å². The zero-order chi connectivity index (χ0) is 17.6. The normalized spacial score (nSPS) is 16.6. The van der Waals surface area contributed by atoms with E-state index in [0.717, 1.165) is 55.7 Å². The van der Waals surface area contributed by atoms with Crippen LogP contribution in [0.2, 0.25) is 5.02 Å². The quantitative estimate of drug-likeness (QED) is 0.815. The first-order valence-corrected chi connectivity index (χ1v) is 9.30. The highest BCUT2D eigenvalue weighted by Crippen LogP contribution is 2.24. The third-order valence-corrected chi connectivity index (χ3v) is 5.09. The lowest BCUT2D eigenvalue weighted by molar-refractivity contribution is 0.245. The summed E-state index contributed by atoms with van der Waals surface area (Å²) in [5, 5.41) is 0.862. The molecule has 4 nitrogen and oxygen atoms in total. The Bertz CT molecular complexity index is 675. The topological polar surface area (TPSA) is 22.6 Å². The van der Waals surface area contributed by atoms with Gasteiger partial charge in [0.15, 0.2) is 0 Å². The molecule has 1 aliphatic heterocycles. The molecule has 1 aliphatic rings. The molecule has 0 saturated carbocycles. The number of rotatable bonds is 5. The zero-order valence-electron chi connectivity index (χ0n) is 15.2. The highest BCUT2D eigenvalue weighted by Gasteiger charge is 2.16. The highest BCUT2D eigenvalue weighted by molar-refractivity contribution is 6.31. The van der Waals surface area contributed by atoms with Crippen molar-refractivity contribution < 1.29 is 0 Å². The Labute approximate surface area is 156 Å². The lowest BCUT2D eigenvalue weighted by Crippen LogP contribution is -2.30. The van der Waals surface area contributed by atoms with Crippen LogP contribution in [0.25, 0.3) is 0 Å². The molecule has 0 N–H and O–H groups in total. The molecule has 0 bridgehead atoms. The van der Waals surface area contributed by atoms with E-state index in [4.69, 9.17) is 11.6 Å². The van der Waals surface area contributed by atoms with Gasteiger partial charge >= 0.3 is 0 Å². The van der Waals surface area contributed by atoms with Crippen LogP contribution < -0.4 is 4.90 Å². The van der Waals surface area contributed by atoms with Gasteiger partial charge in [-0.15, -0.1) is 0 Å². The second-order valence-electron chi connectivity index (χ2n) is 6.90. The first kappa shape index (κ1) is 18.2. The number of halogens is 1. The molecule has 0 radical (unpaired) electrons. The minimum atomic E-state index is 0.862. The predicted molar refractivity (Wildman–Crippen MR) is 105 cm³/mol. The molecule has 0 spiro atoms. The van der Waals surface area contributed by atoms with Crippen molar-refractivity contribution in [2.24, 2.45) is 0 Å². The van der Waals surface area contributed by atoms with E-state index in [-0.39, 0.29) is 0 Å². The maximum absolute atomic E-state index is 6.50. The molecule has 2 aromatic rings. The SMILES string of the molecule is CN(C)c1ccc(CN2CCCN(Cc3ccccn3)CC2)c(Cl)c1. The van der Waals surface area contributed by atoms with E-state index in [1.807, 2.05) is 26.4 Å². The summed E-state index contributed by atoms with van der Waals surface area (Å²) in [5.41, 5.74) is 3.51. The predicted octanol–water partition coefficient (Wildman–Crippen LogP) is 3.51. The molecule has 134 valence electrons. The smallest absolute Gasteiger partial charge is 0.0543 e. The van der Waals surface area contributed by atoms with Crippen molar-refractivity contribution in [3.05, 3.63) is 58.9 Å². The molecule has 25 heavy (non-hydrogen) atoms. The molecule has 3 rings (SSSR count). The van der Waals surface area contributed by atoms with Gasteiger partial charge in [-0.1, -0.05) is 23.7 Å². The fourth-order valence-electron chi connectivity index (χ4n) is 3.24. The van der Waals surface area contributed by atoms with Gasteiger partial charge in [0.1, 0.15) is 0 Å². The number of hydrogen-bond acceptors (Lipinski definition) is 4. The molecule has 1 fully saturated rings. The minimum Gasteiger partial charge on any atom is -0.378 e. The molecule has 2 heterocycles. The van der Waals surface area contributed by atoms with E-state index in [0.29, 0.717) is 0 Å². The first-order chi connectivity index (χ1) is 12.1. The Morgan fingerprint density at radius 1 is 1.00 bits per heavy atom. The summed E-state index contributed by atoms with van der Waals surface area (Å²) in [6.45, 7) is 6.24. The van der Waals surface area contributed by atoms with Gasteiger partial charge in [-0.3, -0.25) is 14.8 Å². The summed E-state index contributed by atoms with van der Waals surface area (Å²) in [6, 6.07) is 12.5. The summed E-state index contributed by atoms with van der Waals surface area (Å²) >= 11 is 6.50. The zero-order valence-corrected chi connectivity index (χ0v) is 15.9. The van der Waals surface area contributed by atoms with Gasteiger partial charge in [-0.25, -0.2) is 0 Å². The van der Waals surface area contributed by atoms with Crippen LogP contribution in [0.4, 0.5) is 5.69 Å². The Morgan fingerprint density at radius 2 is 1.76 bits per heavy atom. The summed E-state index contributed by atoms with van der Waals surface area (Å²) in [4.78, 5) is 11.5. The standard InChI is InChI=1S/C20H27ClN4/c1-23(2)19-8-7-17(20(21)14-19)15-24-10-5-11-25(13-12-24)16-18-6-3-4-9-22-18/h3-4,6-9,14H,5,10-13,15-16H2,1-2H3. The molecule has 0 amide bonds. The third-order valence-electron chi connectivity index (χ3n) is 4.74. The maximum atomic E-state index is 6.50. The minimum absolute atomic E-state index is 0.862. The van der Waals surface area contributed by atoms with Gasteiger partial charge in [-0.2, -0.15) is 0 Å². The monoisotopic (exact) mass is 358 g/mol. The van der Waals surface area contributed by atoms with E-state index in [1.54, 1.807) is 0 Å². The highest BCUT2D eigenvalue weighted by atomic mass is 35.5. The van der Waals surface area contributed by atoms with Crippen LogP contribution in [0.3, 0.4) is 0 Å². The average molecular weight is 359 g/mol. The Morgan fingerprint density at radius 3 is 2.40 bits per heavy atom. The number of nitrogens with zero attached hydrogens (tertiary/aromatic N) is 4. The van der Waals surface area contributed by atoms with E-state index in [9.17, 15) is 0 Å². The molecule has 1 saturated heterocycles. The molecule has 1 aromatic heterocycles. The van der Waals surface area contributed by atoms with Crippen LogP contribution in [-0.4, -0.2) is 55.1 Å². The van der Waals surface area contributed by atoms with E-state index >= 15 is 0 Å². The Balaban J connectivity index is 1.56. The van der Waals surface area contributed by atoms with Gasteiger partial charge in [0.25, 0.3) is 0 Å². The van der Waals surface area contributed by atoms with E-state index in [2.05, 4.69) is 50.0 Å². The molecular weight excluding hydrogens is 332 g/mol. The molecule has 0 aliphatic carbocycles. The van der Waals surface area contributed by atoms with Crippen LogP contribution in [0.5, 0.6) is 0 Å². The van der Waals surface area contributed by atoms with Gasteiger partial charge < -0.3 is 4.90 Å². The van der Waals surface area contributed by atoms with Gasteiger partial charge in [0.2, 0.25) is 0 Å². The molecule has 0 unspecified atom stereocenters. The van der Waals surface area contributed by atoms with Crippen LogP contribution in [-0.2, 0) is 13.1 Å². The van der Waals surface area contributed by atoms with Crippen molar-refractivity contribution in [3.63, 3.8) is 0 Å². The molecular formula is C20H27ClN4. The summed E-state index contributed by atoms with van der Waals surface area (Å²) < 4.78 is 0. The lowest BCUT2D eigenvalue weighted by Gasteiger charge is -2.22. The van der Waals surface area contributed by atoms with E-state index < -0.39 is 0 Å². The molecule has 1 aromatic carbocycles.